The molecule has 0 rings (SSSR count). The number of unbranched alkanes of at least 4 members (excludes halogenated alkanes) is 38. The number of hydrogen-bond acceptors (Lipinski definition) is 5. The van der Waals surface area contributed by atoms with E-state index in [9.17, 15) is 19.8 Å². The smallest absolute Gasteiger partial charge is 0.306 e. The van der Waals surface area contributed by atoms with E-state index in [2.05, 4.69) is 62.5 Å². The SMILES string of the molecule is CCCCC/C=C\C/C=C\C/C=C\CCCCCCCCC(=O)OC(CCCCCCCCCCCCCCCCC)CC(=O)NC(CO)C(O)CCCCCCCCCCCCCCCCCC. The molecule has 0 heterocycles. The van der Waals surface area contributed by atoms with Crippen molar-refractivity contribution in [2.75, 3.05) is 6.61 Å². The third-order valence-corrected chi connectivity index (χ3v) is 14.2. The van der Waals surface area contributed by atoms with Crippen LogP contribution in [0.25, 0.3) is 0 Å². The van der Waals surface area contributed by atoms with Crippen molar-refractivity contribution in [2.24, 2.45) is 0 Å². The van der Waals surface area contributed by atoms with Gasteiger partial charge in [-0.1, -0.05) is 288 Å². The first-order valence-electron chi connectivity index (χ1n) is 30.7. The summed E-state index contributed by atoms with van der Waals surface area (Å²) < 4.78 is 5.98. The summed E-state index contributed by atoms with van der Waals surface area (Å²) >= 11 is 0. The summed E-state index contributed by atoms with van der Waals surface area (Å²) in [6.45, 7) is 6.50. The van der Waals surface area contributed by atoms with Crippen LogP contribution in [0.15, 0.2) is 36.5 Å². The van der Waals surface area contributed by atoms with Gasteiger partial charge in [0, 0.05) is 6.42 Å². The Kier molecular flexibility index (Phi) is 55.4. The quantitative estimate of drug-likeness (QED) is 0.0321. The molecule has 6 nitrogen and oxygen atoms in total. The zero-order valence-corrected chi connectivity index (χ0v) is 46.5. The average Bonchev–Trinajstić information content (AvgIpc) is 3.34. The average molecular weight is 971 g/mol. The van der Waals surface area contributed by atoms with Gasteiger partial charge in [0.15, 0.2) is 0 Å². The molecule has 0 aliphatic rings. The van der Waals surface area contributed by atoms with Crippen molar-refractivity contribution in [1.29, 1.82) is 0 Å². The number of aliphatic hydroxyl groups excluding tert-OH is 2. The molecule has 0 spiro atoms. The molecule has 0 aromatic heterocycles. The molecule has 1 amide bonds. The number of aliphatic hydroxyl groups is 2. The van der Waals surface area contributed by atoms with E-state index in [4.69, 9.17) is 4.74 Å². The molecule has 0 aliphatic carbocycles. The van der Waals surface area contributed by atoms with Crippen LogP contribution in [0.5, 0.6) is 0 Å². The van der Waals surface area contributed by atoms with Crippen molar-refractivity contribution in [1.82, 2.24) is 5.32 Å². The first kappa shape index (κ1) is 67.1. The van der Waals surface area contributed by atoms with Crippen LogP contribution in [-0.2, 0) is 14.3 Å². The molecule has 0 bridgehead atoms. The molecule has 6 heteroatoms. The predicted molar refractivity (Wildman–Crippen MR) is 301 cm³/mol. The lowest BCUT2D eigenvalue weighted by Crippen LogP contribution is -2.46. The summed E-state index contributed by atoms with van der Waals surface area (Å²) in [6.07, 6.45) is 69.2. The highest BCUT2D eigenvalue weighted by atomic mass is 16.5. The number of esters is 1. The Morgan fingerprint density at radius 3 is 1.14 bits per heavy atom. The standard InChI is InChI=1S/C63H119NO5/c1-4-7-10-13-16-19-22-25-28-30-31-32-35-38-41-44-47-50-53-56-63(68)69-59(54-51-48-45-42-39-36-33-27-24-21-18-15-12-9-6-3)57-62(67)64-60(58-65)61(66)55-52-49-46-43-40-37-34-29-26-23-20-17-14-11-8-5-2/h16,19,25,28,31-32,59-61,65-66H,4-15,17-18,20-24,26-27,29-30,33-58H2,1-3H3,(H,64,67)/b19-16-,28-25-,32-31-. The molecule has 3 unspecified atom stereocenters. The molecule has 0 aromatic carbocycles. The van der Waals surface area contributed by atoms with Crippen LogP contribution >= 0.6 is 0 Å². The molecule has 3 N–H and O–H groups in total. The molecule has 406 valence electrons. The Bertz CT molecular complexity index is 1130. The summed E-state index contributed by atoms with van der Waals surface area (Å²) in [4.78, 5) is 26.3. The van der Waals surface area contributed by atoms with E-state index in [-0.39, 0.29) is 24.9 Å². The van der Waals surface area contributed by atoms with Gasteiger partial charge in [-0.05, 0) is 64.2 Å². The third kappa shape index (κ3) is 52.2. The van der Waals surface area contributed by atoms with Crippen molar-refractivity contribution in [3.63, 3.8) is 0 Å². The van der Waals surface area contributed by atoms with E-state index in [1.807, 2.05) is 0 Å². The van der Waals surface area contributed by atoms with Gasteiger partial charge in [0.25, 0.3) is 0 Å². The van der Waals surface area contributed by atoms with Gasteiger partial charge in [-0.15, -0.1) is 0 Å². The fourth-order valence-electron chi connectivity index (χ4n) is 9.56. The second-order valence-electron chi connectivity index (χ2n) is 21.1. The largest absolute Gasteiger partial charge is 0.462 e. The minimum Gasteiger partial charge on any atom is -0.462 e. The minimum absolute atomic E-state index is 0.0773. The van der Waals surface area contributed by atoms with Gasteiger partial charge >= 0.3 is 5.97 Å². The van der Waals surface area contributed by atoms with E-state index < -0.39 is 18.2 Å². The molecule has 0 aromatic rings. The zero-order chi connectivity index (χ0) is 50.2. The monoisotopic (exact) mass is 970 g/mol. The van der Waals surface area contributed by atoms with Crippen LogP contribution in [0.1, 0.15) is 329 Å². The van der Waals surface area contributed by atoms with E-state index in [0.717, 1.165) is 64.2 Å². The first-order chi connectivity index (χ1) is 34.0. The van der Waals surface area contributed by atoms with Crippen LogP contribution < -0.4 is 5.32 Å². The van der Waals surface area contributed by atoms with Crippen LogP contribution in [0.3, 0.4) is 0 Å². The van der Waals surface area contributed by atoms with Gasteiger partial charge < -0.3 is 20.3 Å². The van der Waals surface area contributed by atoms with Crippen molar-refractivity contribution in [3.8, 4) is 0 Å². The Morgan fingerprint density at radius 1 is 0.420 bits per heavy atom. The number of nitrogens with one attached hydrogen (secondary N) is 1. The highest BCUT2D eigenvalue weighted by molar-refractivity contribution is 5.77. The predicted octanol–water partition coefficient (Wildman–Crippen LogP) is 19.2. The molecule has 0 fully saturated rings. The van der Waals surface area contributed by atoms with Gasteiger partial charge in [-0.2, -0.15) is 0 Å². The Balaban J connectivity index is 4.52. The Morgan fingerprint density at radius 2 is 0.739 bits per heavy atom. The summed E-state index contributed by atoms with van der Waals surface area (Å²) in [5, 5.41) is 23.9. The number of carbonyl (C=O) groups excluding carboxylic acids is 2. The van der Waals surface area contributed by atoms with Gasteiger partial charge in [-0.3, -0.25) is 9.59 Å². The third-order valence-electron chi connectivity index (χ3n) is 14.2. The van der Waals surface area contributed by atoms with Crippen molar-refractivity contribution in [3.05, 3.63) is 36.5 Å². The van der Waals surface area contributed by atoms with E-state index >= 15 is 0 Å². The highest BCUT2D eigenvalue weighted by Crippen LogP contribution is 2.19. The molecule has 0 saturated heterocycles. The molecule has 0 aliphatic heterocycles. The van der Waals surface area contributed by atoms with Gasteiger partial charge in [0.05, 0.1) is 25.2 Å². The topological polar surface area (TPSA) is 95.9 Å². The van der Waals surface area contributed by atoms with Crippen molar-refractivity contribution >= 4 is 11.9 Å². The lowest BCUT2D eigenvalue weighted by Gasteiger charge is -2.24. The van der Waals surface area contributed by atoms with Gasteiger partial charge in [0.1, 0.15) is 6.10 Å². The number of rotatable bonds is 56. The first-order valence-corrected chi connectivity index (χ1v) is 30.7. The van der Waals surface area contributed by atoms with Crippen LogP contribution in [-0.4, -0.2) is 46.9 Å². The van der Waals surface area contributed by atoms with E-state index in [1.54, 1.807) is 0 Å². The molecule has 3 atom stereocenters. The summed E-state index contributed by atoms with van der Waals surface area (Å²) in [5.41, 5.74) is 0. The maximum absolute atomic E-state index is 13.3. The number of amides is 1. The lowest BCUT2D eigenvalue weighted by molar-refractivity contribution is -0.151. The maximum atomic E-state index is 13.3. The van der Waals surface area contributed by atoms with Crippen LogP contribution in [0.2, 0.25) is 0 Å². The second-order valence-corrected chi connectivity index (χ2v) is 21.1. The van der Waals surface area contributed by atoms with Gasteiger partial charge in [-0.25, -0.2) is 0 Å². The van der Waals surface area contributed by atoms with Crippen molar-refractivity contribution < 1.29 is 24.5 Å². The summed E-state index contributed by atoms with van der Waals surface area (Å²) in [7, 11) is 0. The number of carbonyl (C=O) groups is 2. The lowest BCUT2D eigenvalue weighted by atomic mass is 10.0. The minimum atomic E-state index is -0.788. The highest BCUT2D eigenvalue weighted by Gasteiger charge is 2.24. The molecular weight excluding hydrogens is 851 g/mol. The number of hydrogen-bond donors (Lipinski definition) is 3. The molecule has 69 heavy (non-hydrogen) atoms. The number of ether oxygens (including phenoxy) is 1. The van der Waals surface area contributed by atoms with Crippen LogP contribution in [0.4, 0.5) is 0 Å². The van der Waals surface area contributed by atoms with Crippen LogP contribution in [0, 0.1) is 0 Å². The Labute approximate surface area is 430 Å². The van der Waals surface area contributed by atoms with E-state index in [0.29, 0.717) is 19.3 Å². The number of allylic oxidation sites excluding steroid dienone is 6. The fraction of sp³-hybridized carbons (Fsp3) is 0.873. The Hall–Kier alpha value is -1.92. The molecule has 0 saturated carbocycles. The van der Waals surface area contributed by atoms with Crippen molar-refractivity contribution in [2.45, 2.75) is 347 Å². The van der Waals surface area contributed by atoms with E-state index in [1.165, 1.54) is 218 Å². The zero-order valence-electron chi connectivity index (χ0n) is 46.5. The normalized spacial score (nSPS) is 13.3. The maximum Gasteiger partial charge on any atom is 0.306 e. The molecule has 0 radical (unpaired) electrons. The fourth-order valence-corrected chi connectivity index (χ4v) is 9.56. The second kappa shape index (κ2) is 57.0. The molecular formula is C63H119NO5. The summed E-state index contributed by atoms with van der Waals surface area (Å²) in [5.74, 6) is -0.468. The summed E-state index contributed by atoms with van der Waals surface area (Å²) in [6, 6.07) is -0.702. The van der Waals surface area contributed by atoms with Gasteiger partial charge in [0.2, 0.25) is 5.91 Å².